The Morgan fingerprint density at radius 2 is 1.72 bits per heavy atom. The van der Waals surface area contributed by atoms with Gasteiger partial charge in [-0.2, -0.15) is 0 Å². The van der Waals surface area contributed by atoms with E-state index in [-0.39, 0.29) is 0 Å². The third-order valence-corrected chi connectivity index (χ3v) is 4.00. The number of hydrogen-bond donors (Lipinski definition) is 1. The van der Waals surface area contributed by atoms with E-state index in [0.717, 1.165) is 22.7 Å². The maximum absolute atomic E-state index is 4.70. The van der Waals surface area contributed by atoms with E-state index in [2.05, 4.69) is 16.0 Å². The van der Waals surface area contributed by atoms with Gasteiger partial charge in [0.25, 0.3) is 0 Å². The van der Waals surface area contributed by atoms with Gasteiger partial charge in [0.1, 0.15) is 5.82 Å². The molecule has 0 unspecified atom stereocenters. The molecule has 2 heterocycles. The first-order valence-corrected chi connectivity index (χ1v) is 7.16. The van der Waals surface area contributed by atoms with E-state index in [9.17, 15) is 0 Å². The van der Waals surface area contributed by atoms with E-state index in [0.29, 0.717) is 5.92 Å². The fourth-order valence-electron chi connectivity index (χ4n) is 2.93. The first kappa shape index (κ1) is 11.7. The molecule has 2 aromatic heterocycles. The van der Waals surface area contributed by atoms with Crippen LogP contribution in [0.15, 0.2) is 12.1 Å². The lowest BCUT2D eigenvalue weighted by Gasteiger charge is -2.17. The Balaban J connectivity index is 1.87. The number of nitrogens with one attached hydrogen (secondary N) is 1. The molecule has 0 bridgehead atoms. The van der Waals surface area contributed by atoms with Crippen molar-refractivity contribution in [1.82, 2.24) is 15.0 Å². The Kier molecular flexibility index (Phi) is 3.31. The number of aromatic nitrogens is 3. The molecule has 1 aliphatic rings. The zero-order valence-corrected chi connectivity index (χ0v) is 11.1. The first-order chi connectivity index (χ1) is 8.83. The summed E-state index contributed by atoms with van der Waals surface area (Å²) in [5.74, 6) is 1.77. The fraction of sp³-hybridized carbons (Fsp3) is 0.600. The Hall–Kier alpha value is -1.38. The second kappa shape index (κ2) is 5.09. The van der Waals surface area contributed by atoms with Gasteiger partial charge in [0.05, 0.1) is 5.52 Å². The highest BCUT2D eigenvalue weighted by molar-refractivity contribution is 5.70. The largest absolute Gasteiger partial charge is 0.340 e. The second-order valence-corrected chi connectivity index (χ2v) is 5.49. The lowest BCUT2D eigenvalue weighted by molar-refractivity contribution is 0.445. The average Bonchev–Trinajstić information content (AvgIpc) is 2.71. The molecule has 0 aliphatic heterocycles. The minimum absolute atomic E-state index is 0.611. The van der Waals surface area contributed by atoms with Crippen molar-refractivity contribution in [3.05, 3.63) is 23.7 Å². The summed E-state index contributed by atoms with van der Waals surface area (Å²) in [6.45, 7) is 2.02. The monoisotopic (exact) mass is 243 g/mol. The molecule has 0 aromatic carbocycles. The number of imidazole rings is 1. The molecule has 0 atom stereocenters. The van der Waals surface area contributed by atoms with Crippen molar-refractivity contribution in [2.45, 2.75) is 57.8 Å². The third-order valence-electron chi connectivity index (χ3n) is 4.00. The number of hydrogen-bond acceptors (Lipinski definition) is 2. The highest BCUT2D eigenvalue weighted by Gasteiger charge is 2.17. The zero-order chi connectivity index (χ0) is 12.4. The van der Waals surface area contributed by atoms with E-state index < -0.39 is 0 Å². The molecule has 3 nitrogen and oxygen atoms in total. The van der Waals surface area contributed by atoms with E-state index >= 15 is 0 Å². The van der Waals surface area contributed by atoms with Crippen LogP contribution in [0.5, 0.6) is 0 Å². The number of rotatable bonds is 1. The van der Waals surface area contributed by atoms with E-state index in [1.54, 1.807) is 0 Å². The summed E-state index contributed by atoms with van der Waals surface area (Å²) in [6, 6.07) is 4.14. The number of fused-ring (bicyclic) bond motifs is 1. The van der Waals surface area contributed by atoms with Crippen LogP contribution in [0, 0.1) is 6.92 Å². The predicted octanol–water partition coefficient (Wildman–Crippen LogP) is 4.09. The van der Waals surface area contributed by atoms with Gasteiger partial charge in [0.2, 0.25) is 0 Å². The summed E-state index contributed by atoms with van der Waals surface area (Å²) >= 11 is 0. The first-order valence-electron chi connectivity index (χ1n) is 7.16. The summed E-state index contributed by atoms with van der Waals surface area (Å²) in [7, 11) is 0. The molecule has 96 valence electrons. The molecule has 1 N–H and O–H groups in total. The molecule has 2 aromatic rings. The van der Waals surface area contributed by atoms with Crippen LogP contribution in [0.3, 0.4) is 0 Å². The number of aromatic amines is 1. The summed E-state index contributed by atoms with van der Waals surface area (Å²) in [5.41, 5.74) is 3.00. The molecule has 0 saturated heterocycles. The molecular weight excluding hydrogens is 222 g/mol. The lowest BCUT2D eigenvalue weighted by Crippen LogP contribution is -2.04. The lowest BCUT2D eigenvalue weighted by atomic mass is 9.91. The van der Waals surface area contributed by atoms with Gasteiger partial charge in [0.15, 0.2) is 5.65 Å². The van der Waals surface area contributed by atoms with Crippen LogP contribution in [0.1, 0.15) is 62.4 Å². The van der Waals surface area contributed by atoms with Crippen LogP contribution in [0.2, 0.25) is 0 Å². The predicted molar refractivity (Wildman–Crippen MR) is 73.7 cm³/mol. The smallest absolute Gasteiger partial charge is 0.177 e. The quantitative estimate of drug-likeness (QED) is 0.819. The number of pyridine rings is 1. The molecule has 3 rings (SSSR count). The van der Waals surface area contributed by atoms with Crippen LogP contribution >= 0.6 is 0 Å². The van der Waals surface area contributed by atoms with Gasteiger partial charge >= 0.3 is 0 Å². The Labute approximate surface area is 108 Å². The third kappa shape index (κ3) is 2.40. The van der Waals surface area contributed by atoms with E-state index in [1.807, 2.05) is 13.0 Å². The van der Waals surface area contributed by atoms with Crippen molar-refractivity contribution >= 4 is 11.2 Å². The number of nitrogens with zero attached hydrogens (tertiary/aromatic N) is 2. The summed E-state index contributed by atoms with van der Waals surface area (Å²) in [4.78, 5) is 12.7. The highest BCUT2D eigenvalue weighted by atomic mass is 15.0. The fourth-order valence-corrected chi connectivity index (χ4v) is 2.93. The number of aryl methyl sites for hydroxylation is 1. The average molecular weight is 243 g/mol. The number of H-pyrrole nitrogens is 1. The zero-order valence-electron chi connectivity index (χ0n) is 11.1. The van der Waals surface area contributed by atoms with Gasteiger partial charge in [-0.05, 0) is 31.9 Å². The topological polar surface area (TPSA) is 41.6 Å². The summed E-state index contributed by atoms with van der Waals surface area (Å²) in [5, 5.41) is 0. The Morgan fingerprint density at radius 1 is 1.00 bits per heavy atom. The Bertz CT molecular complexity index is 522. The molecule has 1 fully saturated rings. The molecule has 0 amide bonds. The normalized spacial score (nSPS) is 18.7. The van der Waals surface area contributed by atoms with Crippen molar-refractivity contribution in [1.29, 1.82) is 0 Å². The van der Waals surface area contributed by atoms with Crippen LogP contribution in [0.25, 0.3) is 11.2 Å². The highest BCUT2D eigenvalue weighted by Crippen LogP contribution is 2.30. The van der Waals surface area contributed by atoms with Gasteiger partial charge in [-0.1, -0.05) is 32.1 Å². The van der Waals surface area contributed by atoms with Gasteiger partial charge in [-0.3, -0.25) is 0 Å². The maximum Gasteiger partial charge on any atom is 0.177 e. The standard InChI is InChI=1S/C15H21N3/c1-11-9-10-13-15(16-11)18-14(17-13)12-7-5-3-2-4-6-8-12/h9-10,12H,2-8H2,1H3,(H,16,17,18). The molecule has 1 aliphatic carbocycles. The van der Waals surface area contributed by atoms with Gasteiger partial charge in [-0.25, -0.2) is 9.97 Å². The molecule has 1 saturated carbocycles. The van der Waals surface area contributed by atoms with Crippen LogP contribution in [-0.4, -0.2) is 15.0 Å². The van der Waals surface area contributed by atoms with E-state index in [4.69, 9.17) is 4.98 Å². The minimum atomic E-state index is 0.611. The second-order valence-electron chi connectivity index (χ2n) is 5.49. The molecule has 18 heavy (non-hydrogen) atoms. The van der Waals surface area contributed by atoms with Crippen molar-refractivity contribution in [2.75, 3.05) is 0 Å². The summed E-state index contributed by atoms with van der Waals surface area (Å²) < 4.78 is 0. The van der Waals surface area contributed by atoms with Crippen LogP contribution in [0.4, 0.5) is 0 Å². The van der Waals surface area contributed by atoms with Crippen molar-refractivity contribution in [3.8, 4) is 0 Å². The molecular formula is C15H21N3. The summed E-state index contributed by atoms with van der Waals surface area (Å²) in [6.07, 6.45) is 9.41. The van der Waals surface area contributed by atoms with Crippen LogP contribution in [-0.2, 0) is 0 Å². The maximum atomic E-state index is 4.70. The van der Waals surface area contributed by atoms with Crippen molar-refractivity contribution in [2.24, 2.45) is 0 Å². The van der Waals surface area contributed by atoms with E-state index in [1.165, 1.54) is 44.9 Å². The Morgan fingerprint density at radius 3 is 2.50 bits per heavy atom. The van der Waals surface area contributed by atoms with Crippen molar-refractivity contribution in [3.63, 3.8) is 0 Å². The van der Waals surface area contributed by atoms with Crippen LogP contribution < -0.4 is 0 Å². The SMILES string of the molecule is Cc1ccc2[nH]c(C3CCCCCCC3)nc2n1. The minimum Gasteiger partial charge on any atom is -0.340 e. The van der Waals surface area contributed by atoms with Gasteiger partial charge < -0.3 is 4.98 Å². The van der Waals surface area contributed by atoms with Gasteiger partial charge in [0, 0.05) is 11.6 Å². The molecule has 3 heteroatoms. The van der Waals surface area contributed by atoms with Crippen molar-refractivity contribution < 1.29 is 0 Å². The molecule has 0 radical (unpaired) electrons. The van der Waals surface area contributed by atoms with Gasteiger partial charge in [-0.15, -0.1) is 0 Å². The molecule has 0 spiro atoms.